The molecule has 2 heterocycles. The Balaban J connectivity index is 1.76. The fourth-order valence-corrected chi connectivity index (χ4v) is 2.99. The lowest BCUT2D eigenvalue weighted by Crippen LogP contribution is -2.44. The first-order chi connectivity index (χ1) is 10.7. The highest BCUT2D eigenvalue weighted by Gasteiger charge is 2.29. The number of likely N-dealkylation sites (tertiary alicyclic amines) is 1. The summed E-state index contributed by atoms with van der Waals surface area (Å²) in [5.74, 6) is 1.20. The van der Waals surface area contributed by atoms with Gasteiger partial charge in [-0.2, -0.15) is 0 Å². The van der Waals surface area contributed by atoms with Crippen molar-refractivity contribution in [3.63, 3.8) is 0 Å². The van der Waals surface area contributed by atoms with Crippen LogP contribution >= 0.6 is 0 Å². The lowest BCUT2D eigenvalue weighted by molar-refractivity contribution is -0.139. The smallest absolute Gasteiger partial charge is 0.225 e. The van der Waals surface area contributed by atoms with Crippen molar-refractivity contribution in [3.8, 4) is 0 Å². The van der Waals surface area contributed by atoms with Gasteiger partial charge in [0.05, 0.1) is 12.8 Å². The van der Waals surface area contributed by atoms with Crippen molar-refractivity contribution in [3.05, 3.63) is 24.2 Å². The number of carbonyl (C=O) groups is 2. The second kappa shape index (κ2) is 8.01. The summed E-state index contributed by atoms with van der Waals surface area (Å²) in [7, 11) is 0. The third-order valence-electron chi connectivity index (χ3n) is 4.53. The molecule has 0 atom stereocenters. The molecule has 1 aliphatic rings. The quantitative estimate of drug-likeness (QED) is 0.878. The standard InChI is InChI=1S/C17H26N2O3/c1-3-13(4-2)17(21)19-9-7-14(8-10-19)16(20)18-12-15-6-5-11-22-15/h5-6,11,13-14H,3-4,7-10,12H2,1-2H3,(H,18,20). The molecular formula is C17H26N2O3. The molecular weight excluding hydrogens is 280 g/mol. The molecule has 2 amide bonds. The molecule has 0 spiro atoms. The number of nitrogens with zero attached hydrogens (tertiary/aromatic N) is 1. The van der Waals surface area contributed by atoms with Crippen LogP contribution in [0.3, 0.4) is 0 Å². The molecule has 1 aliphatic heterocycles. The van der Waals surface area contributed by atoms with Crippen LogP contribution in [0.1, 0.15) is 45.3 Å². The van der Waals surface area contributed by atoms with Crippen LogP contribution in [-0.4, -0.2) is 29.8 Å². The molecule has 0 aromatic carbocycles. The molecule has 1 aromatic rings. The van der Waals surface area contributed by atoms with E-state index in [1.807, 2.05) is 17.0 Å². The summed E-state index contributed by atoms with van der Waals surface area (Å²) in [6.45, 7) is 5.92. The Labute approximate surface area is 132 Å². The van der Waals surface area contributed by atoms with Gasteiger partial charge in [-0.25, -0.2) is 0 Å². The van der Waals surface area contributed by atoms with Crippen molar-refractivity contribution < 1.29 is 14.0 Å². The summed E-state index contributed by atoms with van der Waals surface area (Å²) >= 11 is 0. The fraction of sp³-hybridized carbons (Fsp3) is 0.647. The lowest BCUT2D eigenvalue weighted by atomic mass is 9.93. The Kier molecular flexibility index (Phi) is 6.04. The first kappa shape index (κ1) is 16.6. The van der Waals surface area contributed by atoms with Crippen LogP contribution in [0.5, 0.6) is 0 Å². The van der Waals surface area contributed by atoms with Crippen LogP contribution in [0.25, 0.3) is 0 Å². The molecule has 0 bridgehead atoms. The molecule has 1 aromatic heterocycles. The predicted molar refractivity (Wildman–Crippen MR) is 83.9 cm³/mol. The number of hydrogen-bond donors (Lipinski definition) is 1. The van der Waals surface area contributed by atoms with E-state index in [1.54, 1.807) is 6.26 Å². The number of furan rings is 1. The maximum atomic E-state index is 12.3. The van der Waals surface area contributed by atoms with Crippen LogP contribution < -0.4 is 5.32 Å². The molecule has 0 aliphatic carbocycles. The van der Waals surface area contributed by atoms with Crippen LogP contribution in [0, 0.1) is 11.8 Å². The molecule has 0 saturated carbocycles. The minimum absolute atomic E-state index is 0.000662. The van der Waals surface area contributed by atoms with Crippen molar-refractivity contribution in [2.75, 3.05) is 13.1 Å². The number of piperidine rings is 1. The Bertz CT molecular complexity index is 472. The summed E-state index contributed by atoms with van der Waals surface area (Å²) < 4.78 is 5.20. The third-order valence-corrected chi connectivity index (χ3v) is 4.53. The number of amides is 2. The zero-order valence-electron chi connectivity index (χ0n) is 13.5. The average molecular weight is 306 g/mol. The van der Waals surface area contributed by atoms with E-state index in [9.17, 15) is 9.59 Å². The fourth-order valence-electron chi connectivity index (χ4n) is 2.99. The van der Waals surface area contributed by atoms with Gasteiger partial charge in [-0.15, -0.1) is 0 Å². The van der Waals surface area contributed by atoms with Crippen molar-refractivity contribution in [1.29, 1.82) is 0 Å². The highest BCUT2D eigenvalue weighted by atomic mass is 16.3. The van der Waals surface area contributed by atoms with Gasteiger partial charge in [-0.3, -0.25) is 9.59 Å². The van der Waals surface area contributed by atoms with E-state index in [0.717, 1.165) is 31.4 Å². The van der Waals surface area contributed by atoms with E-state index in [0.29, 0.717) is 19.6 Å². The molecule has 5 nitrogen and oxygen atoms in total. The average Bonchev–Trinajstić information content (AvgIpc) is 3.07. The second-order valence-corrected chi connectivity index (χ2v) is 5.91. The van der Waals surface area contributed by atoms with Gasteiger partial charge in [-0.05, 0) is 37.8 Å². The van der Waals surface area contributed by atoms with Crippen molar-refractivity contribution in [2.45, 2.75) is 46.1 Å². The molecule has 5 heteroatoms. The maximum Gasteiger partial charge on any atom is 0.225 e. The molecule has 1 saturated heterocycles. The van der Waals surface area contributed by atoms with Crippen molar-refractivity contribution in [2.24, 2.45) is 11.8 Å². The SMILES string of the molecule is CCC(CC)C(=O)N1CCC(C(=O)NCc2ccco2)CC1. The third kappa shape index (κ3) is 4.12. The van der Waals surface area contributed by atoms with Gasteiger partial charge in [0.2, 0.25) is 11.8 Å². The molecule has 1 N–H and O–H groups in total. The van der Waals surface area contributed by atoms with Gasteiger partial charge in [0.1, 0.15) is 5.76 Å². The number of carbonyl (C=O) groups excluding carboxylic acids is 2. The Morgan fingerprint density at radius 3 is 2.55 bits per heavy atom. The number of nitrogens with one attached hydrogen (secondary N) is 1. The van der Waals surface area contributed by atoms with Crippen molar-refractivity contribution in [1.82, 2.24) is 10.2 Å². The largest absolute Gasteiger partial charge is 0.467 e. The van der Waals surface area contributed by atoms with E-state index < -0.39 is 0 Å². The highest BCUT2D eigenvalue weighted by Crippen LogP contribution is 2.21. The van der Waals surface area contributed by atoms with Gasteiger partial charge < -0.3 is 14.6 Å². The minimum atomic E-state index is 0.000662. The number of rotatable bonds is 6. The highest BCUT2D eigenvalue weighted by molar-refractivity contribution is 5.81. The molecule has 0 unspecified atom stereocenters. The van der Waals surface area contributed by atoms with Crippen LogP contribution in [0.2, 0.25) is 0 Å². The molecule has 22 heavy (non-hydrogen) atoms. The molecule has 1 fully saturated rings. The molecule has 0 radical (unpaired) electrons. The van der Waals surface area contributed by atoms with Crippen LogP contribution in [0.4, 0.5) is 0 Å². The lowest BCUT2D eigenvalue weighted by Gasteiger charge is -2.33. The van der Waals surface area contributed by atoms with Crippen LogP contribution in [0.15, 0.2) is 22.8 Å². The molecule has 2 rings (SSSR count). The van der Waals surface area contributed by atoms with E-state index in [-0.39, 0.29) is 23.7 Å². The van der Waals surface area contributed by atoms with E-state index >= 15 is 0 Å². The van der Waals surface area contributed by atoms with Gasteiger partial charge in [0.15, 0.2) is 0 Å². The summed E-state index contributed by atoms with van der Waals surface area (Å²) in [6.07, 6.45) is 4.87. The summed E-state index contributed by atoms with van der Waals surface area (Å²) in [4.78, 5) is 26.4. The van der Waals surface area contributed by atoms with Gasteiger partial charge in [-0.1, -0.05) is 13.8 Å². The zero-order valence-corrected chi connectivity index (χ0v) is 13.5. The first-order valence-electron chi connectivity index (χ1n) is 8.24. The van der Waals surface area contributed by atoms with Gasteiger partial charge in [0, 0.05) is 24.9 Å². The molecule has 122 valence electrons. The second-order valence-electron chi connectivity index (χ2n) is 5.91. The monoisotopic (exact) mass is 306 g/mol. The Morgan fingerprint density at radius 2 is 2.00 bits per heavy atom. The predicted octanol–water partition coefficient (Wildman–Crippen LogP) is 2.57. The summed E-state index contributed by atoms with van der Waals surface area (Å²) in [5, 5.41) is 2.91. The van der Waals surface area contributed by atoms with Gasteiger partial charge >= 0.3 is 0 Å². The van der Waals surface area contributed by atoms with E-state index in [2.05, 4.69) is 19.2 Å². The van der Waals surface area contributed by atoms with E-state index in [4.69, 9.17) is 4.42 Å². The van der Waals surface area contributed by atoms with Gasteiger partial charge in [0.25, 0.3) is 0 Å². The Morgan fingerprint density at radius 1 is 1.32 bits per heavy atom. The summed E-state index contributed by atoms with van der Waals surface area (Å²) in [5.41, 5.74) is 0. The van der Waals surface area contributed by atoms with Crippen LogP contribution in [-0.2, 0) is 16.1 Å². The zero-order chi connectivity index (χ0) is 15.9. The van der Waals surface area contributed by atoms with E-state index in [1.165, 1.54) is 0 Å². The summed E-state index contributed by atoms with van der Waals surface area (Å²) in [6, 6.07) is 3.65. The number of hydrogen-bond acceptors (Lipinski definition) is 3. The van der Waals surface area contributed by atoms with Crippen molar-refractivity contribution >= 4 is 11.8 Å². The normalized spacial score (nSPS) is 16.0. The first-order valence-corrected chi connectivity index (χ1v) is 8.24. The minimum Gasteiger partial charge on any atom is -0.467 e. The maximum absolute atomic E-state index is 12.3. The topological polar surface area (TPSA) is 62.6 Å². The Hall–Kier alpha value is -1.78.